The van der Waals surface area contributed by atoms with Crippen molar-refractivity contribution in [3.8, 4) is 0 Å². The van der Waals surface area contributed by atoms with Crippen LogP contribution in [0.25, 0.3) is 11.0 Å². The zero-order valence-electron chi connectivity index (χ0n) is 11.8. The summed E-state index contributed by atoms with van der Waals surface area (Å²) < 4.78 is 23.1. The minimum absolute atomic E-state index is 0.161. The summed E-state index contributed by atoms with van der Waals surface area (Å²) in [5.41, 5.74) is 0.659. The molecule has 21 heavy (non-hydrogen) atoms. The Bertz CT molecular complexity index is 727. The van der Waals surface area contributed by atoms with Crippen molar-refractivity contribution in [1.29, 1.82) is 0 Å². The van der Waals surface area contributed by atoms with Gasteiger partial charge in [0.1, 0.15) is 5.82 Å². The zero-order valence-corrected chi connectivity index (χ0v) is 12.7. The lowest BCUT2D eigenvalue weighted by Gasteiger charge is -2.28. The molecule has 1 aliphatic rings. The van der Waals surface area contributed by atoms with Gasteiger partial charge in [-0.05, 0) is 6.42 Å². The van der Waals surface area contributed by atoms with Gasteiger partial charge in [0.2, 0.25) is 5.95 Å². The van der Waals surface area contributed by atoms with Crippen molar-refractivity contribution in [3.05, 3.63) is 6.20 Å². The second kappa shape index (κ2) is 5.47. The molecule has 0 atom stereocenters. The molecule has 0 spiro atoms. The molecule has 114 valence electrons. The molecule has 8 nitrogen and oxygen atoms in total. The lowest BCUT2D eigenvalue weighted by molar-refractivity contribution is 0.586. The smallest absolute Gasteiger partial charge is 0.226 e. The number of sulfone groups is 1. The summed E-state index contributed by atoms with van der Waals surface area (Å²) in [6, 6.07) is 0. The Labute approximate surface area is 122 Å². The van der Waals surface area contributed by atoms with Crippen molar-refractivity contribution >= 4 is 32.6 Å². The quantitative estimate of drug-likeness (QED) is 0.842. The minimum Gasteiger partial charge on any atom is -0.354 e. The van der Waals surface area contributed by atoms with Crippen LogP contribution in [-0.4, -0.2) is 59.7 Å². The monoisotopic (exact) mass is 310 g/mol. The number of aromatic amines is 1. The molecule has 0 unspecified atom stereocenters. The van der Waals surface area contributed by atoms with E-state index in [-0.39, 0.29) is 11.5 Å². The number of H-pyrrole nitrogens is 1. The summed E-state index contributed by atoms with van der Waals surface area (Å²) in [7, 11) is -2.91. The number of anilines is 2. The third-order valence-corrected chi connectivity index (χ3v) is 5.08. The highest BCUT2D eigenvalue weighted by atomic mass is 32.2. The number of rotatable bonds is 4. The summed E-state index contributed by atoms with van der Waals surface area (Å²) in [4.78, 5) is 10.9. The fraction of sp³-hybridized carbons (Fsp3) is 0.583. The van der Waals surface area contributed by atoms with Crippen molar-refractivity contribution in [2.24, 2.45) is 0 Å². The highest BCUT2D eigenvalue weighted by molar-refractivity contribution is 7.91. The van der Waals surface area contributed by atoms with Gasteiger partial charge in [0.15, 0.2) is 15.5 Å². The van der Waals surface area contributed by atoms with Crippen molar-refractivity contribution in [2.45, 2.75) is 13.3 Å². The van der Waals surface area contributed by atoms with Gasteiger partial charge in [-0.25, -0.2) is 8.42 Å². The van der Waals surface area contributed by atoms with Crippen LogP contribution in [0.1, 0.15) is 13.3 Å². The molecule has 0 bridgehead atoms. The van der Waals surface area contributed by atoms with Gasteiger partial charge >= 0.3 is 0 Å². The first-order chi connectivity index (χ1) is 10.1. The number of hydrogen-bond acceptors (Lipinski definition) is 7. The average molecular weight is 310 g/mol. The molecule has 1 saturated heterocycles. The van der Waals surface area contributed by atoms with Crippen LogP contribution in [-0.2, 0) is 9.84 Å². The molecule has 0 amide bonds. The van der Waals surface area contributed by atoms with Crippen molar-refractivity contribution < 1.29 is 8.42 Å². The Balaban J connectivity index is 1.94. The fourth-order valence-electron chi connectivity index (χ4n) is 2.30. The van der Waals surface area contributed by atoms with E-state index in [4.69, 9.17) is 0 Å². The van der Waals surface area contributed by atoms with E-state index in [0.29, 0.717) is 24.7 Å². The zero-order chi connectivity index (χ0) is 14.9. The van der Waals surface area contributed by atoms with Gasteiger partial charge in [-0.3, -0.25) is 5.10 Å². The van der Waals surface area contributed by atoms with Crippen LogP contribution in [0.15, 0.2) is 6.20 Å². The lowest BCUT2D eigenvalue weighted by Crippen LogP contribution is -2.40. The van der Waals surface area contributed by atoms with Gasteiger partial charge < -0.3 is 10.2 Å². The number of fused-ring (bicyclic) bond motifs is 1. The van der Waals surface area contributed by atoms with Crippen LogP contribution >= 0.6 is 0 Å². The molecule has 2 N–H and O–H groups in total. The highest BCUT2D eigenvalue weighted by Crippen LogP contribution is 2.25. The molecule has 0 aliphatic carbocycles. The first-order valence-corrected chi connectivity index (χ1v) is 8.81. The fourth-order valence-corrected chi connectivity index (χ4v) is 3.50. The standard InChI is InChI=1S/C12H18N6O2S/c1-2-3-13-12-15-10-9(8-14-17-10)11(16-12)18-4-6-21(19,20)7-5-18/h8H,2-7H2,1H3,(H2,13,14,15,16,17). The van der Waals surface area contributed by atoms with Crippen LogP contribution in [0.4, 0.5) is 11.8 Å². The molecule has 0 radical (unpaired) electrons. The first-order valence-electron chi connectivity index (χ1n) is 6.99. The van der Waals surface area contributed by atoms with Crippen molar-refractivity contribution in [1.82, 2.24) is 20.2 Å². The maximum atomic E-state index is 11.6. The van der Waals surface area contributed by atoms with E-state index in [1.807, 2.05) is 4.90 Å². The predicted octanol–water partition coefficient (Wildman–Crippen LogP) is 0.410. The number of aromatic nitrogens is 4. The normalized spacial score (nSPS) is 18.0. The summed E-state index contributed by atoms with van der Waals surface area (Å²) in [5, 5.41) is 10.8. The Morgan fingerprint density at radius 1 is 1.33 bits per heavy atom. The Morgan fingerprint density at radius 3 is 2.81 bits per heavy atom. The van der Waals surface area contributed by atoms with Crippen LogP contribution in [0, 0.1) is 0 Å². The third kappa shape index (κ3) is 2.92. The largest absolute Gasteiger partial charge is 0.354 e. The Morgan fingerprint density at radius 2 is 2.10 bits per heavy atom. The second-order valence-corrected chi connectivity index (χ2v) is 7.37. The van der Waals surface area contributed by atoms with Gasteiger partial charge in [-0.1, -0.05) is 6.92 Å². The van der Waals surface area contributed by atoms with E-state index in [9.17, 15) is 8.42 Å². The van der Waals surface area contributed by atoms with E-state index in [1.54, 1.807) is 6.20 Å². The molecule has 0 aromatic carbocycles. The molecule has 2 aromatic heterocycles. The third-order valence-electron chi connectivity index (χ3n) is 3.47. The van der Waals surface area contributed by atoms with Crippen molar-refractivity contribution in [3.63, 3.8) is 0 Å². The maximum absolute atomic E-state index is 11.6. The molecular weight excluding hydrogens is 292 g/mol. The highest BCUT2D eigenvalue weighted by Gasteiger charge is 2.24. The Hall–Kier alpha value is -1.90. The van der Waals surface area contributed by atoms with E-state index in [1.165, 1.54) is 0 Å². The number of hydrogen-bond donors (Lipinski definition) is 2. The second-order valence-electron chi connectivity index (χ2n) is 5.07. The van der Waals surface area contributed by atoms with E-state index < -0.39 is 9.84 Å². The SMILES string of the molecule is CCCNc1nc(N2CCS(=O)(=O)CC2)c2cn[nH]c2n1. The van der Waals surface area contributed by atoms with E-state index >= 15 is 0 Å². The topological polar surface area (TPSA) is 104 Å². The molecule has 0 saturated carbocycles. The Kier molecular flexibility index (Phi) is 3.66. The predicted molar refractivity (Wildman–Crippen MR) is 81.3 cm³/mol. The molecule has 2 aromatic rings. The van der Waals surface area contributed by atoms with Gasteiger partial charge in [-0.15, -0.1) is 0 Å². The summed E-state index contributed by atoms with van der Waals surface area (Å²) >= 11 is 0. The molecule has 3 heterocycles. The first kappa shape index (κ1) is 14.1. The van der Waals surface area contributed by atoms with Crippen LogP contribution < -0.4 is 10.2 Å². The molecule has 1 fully saturated rings. The minimum atomic E-state index is -2.91. The van der Waals surface area contributed by atoms with Gasteiger partial charge in [-0.2, -0.15) is 15.1 Å². The molecule has 1 aliphatic heterocycles. The van der Waals surface area contributed by atoms with E-state index in [0.717, 1.165) is 24.2 Å². The van der Waals surface area contributed by atoms with Crippen LogP contribution in [0.5, 0.6) is 0 Å². The molecule has 3 rings (SSSR count). The average Bonchev–Trinajstić information content (AvgIpc) is 2.92. The molecule has 9 heteroatoms. The van der Waals surface area contributed by atoms with Gasteiger partial charge in [0.05, 0.1) is 23.1 Å². The van der Waals surface area contributed by atoms with E-state index in [2.05, 4.69) is 32.4 Å². The van der Waals surface area contributed by atoms with Gasteiger partial charge in [0, 0.05) is 19.6 Å². The van der Waals surface area contributed by atoms with Gasteiger partial charge in [0.25, 0.3) is 0 Å². The van der Waals surface area contributed by atoms with Crippen LogP contribution in [0.2, 0.25) is 0 Å². The lowest BCUT2D eigenvalue weighted by atomic mass is 10.3. The summed E-state index contributed by atoms with van der Waals surface area (Å²) in [6.45, 7) is 3.76. The number of nitrogens with one attached hydrogen (secondary N) is 2. The van der Waals surface area contributed by atoms with Crippen molar-refractivity contribution in [2.75, 3.05) is 41.4 Å². The molecular formula is C12H18N6O2S. The summed E-state index contributed by atoms with van der Waals surface area (Å²) in [5.74, 6) is 1.60. The summed E-state index contributed by atoms with van der Waals surface area (Å²) in [6.07, 6.45) is 2.65. The maximum Gasteiger partial charge on any atom is 0.226 e. The van der Waals surface area contributed by atoms with Crippen LogP contribution in [0.3, 0.4) is 0 Å². The number of nitrogens with zero attached hydrogens (tertiary/aromatic N) is 4.